The van der Waals surface area contributed by atoms with Crippen LogP contribution in [0.5, 0.6) is 0 Å². The molecule has 0 amide bonds. The van der Waals surface area contributed by atoms with Gasteiger partial charge in [-0.15, -0.1) is 0 Å². The quantitative estimate of drug-likeness (QED) is 0.797. The number of azo groups is 1. The zero-order valence-corrected chi connectivity index (χ0v) is 15.3. The number of allylic oxidation sites excluding steroid dienone is 2. The van der Waals surface area contributed by atoms with Crippen LogP contribution in [-0.2, 0) is 9.53 Å². The fourth-order valence-corrected chi connectivity index (χ4v) is 4.57. The third kappa shape index (κ3) is 2.28. The van der Waals surface area contributed by atoms with Crippen LogP contribution in [0.4, 0.5) is 0 Å². The summed E-state index contributed by atoms with van der Waals surface area (Å²) in [4.78, 5) is 13.0. The summed E-state index contributed by atoms with van der Waals surface area (Å²) in [5.74, 6) is 0.269. The van der Waals surface area contributed by atoms with E-state index < -0.39 is 0 Å². The van der Waals surface area contributed by atoms with Crippen LogP contribution in [0, 0.1) is 16.2 Å². The van der Waals surface area contributed by atoms with E-state index in [4.69, 9.17) is 4.74 Å². The molecule has 0 radical (unpaired) electrons. The lowest BCUT2D eigenvalue weighted by Crippen LogP contribution is -2.57. The van der Waals surface area contributed by atoms with E-state index in [1.165, 1.54) is 5.57 Å². The third-order valence-electron chi connectivity index (χ3n) is 5.45. The van der Waals surface area contributed by atoms with Gasteiger partial charge in [0.05, 0.1) is 24.3 Å². The molecule has 5 nitrogen and oxygen atoms in total. The number of carbonyl (C=O) groups is 1. The van der Waals surface area contributed by atoms with Gasteiger partial charge in [0.1, 0.15) is 0 Å². The lowest BCUT2D eigenvalue weighted by molar-refractivity contribution is -0.126. The number of Topliss-reactive ketones (excluding diaryl/α,β-unsaturated/α-hetero) is 1. The monoisotopic (exact) mass is 329 g/mol. The smallest absolute Gasteiger partial charge is 0.164 e. The second kappa shape index (κ2) is 4.78. The topological polar surface area (TPSA) is 63.0 Å². The number of nitrogens with one attached hydrogen (secondary N) is 1. The summed E-state index contributed by atoms with van der Waals surface area (Å²) in [5.41, 5.74) is 4.11. The van der Waals surface area contributed by atoms with E-state index in [0.717, 1.165) is 29.8 Å². The van der Waals surface area contributed by atoms with Gasteiger partial charge < -0.3 is 10.1 Å². The Kier molecular flexibility index (Phi) is 3.19. The molecule has 1 spiro atoms. The first kappa shape index (κ1) is 16.0. The number of ketones is 1. The number of nitrogens with zero attached hydrogens (tertiary/aromatic N) is 2. The molecule has 1 fully saturated rings. The highest BCUT2D eigenvalue weighted by Crippen LogP contribution is 2.56. The van der Waals surface area contributed by atoms with Gasteiger partial charge in [0.15, 0.2) is 11.9 Å². The number of rotatable bonds is 1. The van der Waals surface area contributed by atoms with Crippen molar-refractivity contribution >= 4 is 5.78 Å². The largest absolute Gasteiger partial charge is 0.379 e. The first-order valence-corrected chi connectivity index (χ1v) is 8.87. The Bertz CT molecular complexity index is 703. The van der Waals surface area contributed by atoms with Crippen LogP contribution < -0.4 is 5.32 Å². The average Bonchev–Trinajstić information content (AvgIpc) is 2.73. The number of ether oxygens (including phenoxy) is 1. The van der Waals surface area contributed by atoms with Crippen molar-refractivity contribution in [3.8, 4) is 0 Å². The van der Waals surface area contributed by atoms with Crippen molar-refractivity contribution in [1.82, 2.24) is 5.32 Å². The van der Waals surface area contributed by atoms with Gasteiger partial charge in [-0.1, -0.05) is 34.6 Å². The second-order valence-corrected chi connectivity index (χ2v) is 9.73. The minimum absolute atomic E-state index is 0.0000840. The van der Waals surface area contributed by atoms with Crippen molar-refractivity contribution in [2.45, 2.75) is 60.0 Å². The predicted molar refractivity (Wildman–Crippen MR) is 91.2 cm³/mol. The Morgan fingerprint density at radius 2 is 1.96 bits per heavy atom. The van der Waals surface area contributed by atoms with E-state index in [0.29, 0.717) is 19.6 Å². The van der Waals surface area contributed by atoms with Crippen molar-refractivity contribution < 1.29 is 9.53 Å². The Labute approximate surface area is 143 Å². The first-order chi connectivity index (χ1) is 11.1. The van der Waals surface area contributed by atoms with E-state index in [1.54, 1.807) is 0 Å². The molecular formula is C19H27N3O2. The Hall–Kier alpha value is -1.49. The molecule has 24 heavy (non-hydrogen) atoms. The van der Waals surface area contributed by atoms with Gasteiger partial charge in [-0.2, -0.15) is 10.2 Å². The lowest BCUT2D eigenvalue weighted by Gasteiger charge is -2.52. The van der Waals surface area contributed by atoms with Crippen LogP contribution in [0.25, 0.3) is 0 Å². The predicted octanol–water partition coefficient (Wildman–Crippen LogP) is 3.73. The first-order valence-electron chi connectivity index (χ1n) is 8.87. The molecule has 1 atom stereocenters. The molecule has 0 aromatic heterocycles. The molecule has 4 aliphatic rings. The van der Waals surface area contributed by atoms with Crippen LogP contribution in [0.15, 0.2) is 32.8 Å². The summed E-state index contributed by atoms with van der Waals surface area (Å²) in [7, 11) is 0. The van der Waals surface area contributed by atoms with Crippen molar-refractivity contribution in [2.75, 3.05) is 13.2 Å². The maximum atomic E-state index is 13.0. The molecule has 5 heteroatoms. The van der Waals surface area contributed by atoms with Crippen LogP contribution in [0.3, 0.4) is 0 Å². The molecule has 0 bridgehead atoms. The van der Waals surface area contributed by atoms with Crippen molar-refractivity contribution in [1.29, 1.82) is 0 Å². The minimum atomic E-state index is -0.289. The fourth-order valence-electron chi connectivity index (χ4n) is 4.57. The van der Waals surface area contributed by atoms with E-state index in [9.17, 15) is 4.79 Å². The molecule has 130 valence electrons. The number of carbonyl (C=O) groups excluding carboxylic acids is 1. The summed E-state index contributed by atoms with van der Waals surface area (Å²) in [6.07, 6.45) is 2.25. The van der Waals surface area contributed by atoms with Crippen molar-refractivity contribution in [3.05, 3.63) is 22.5 Å². The SMILES string of the molecule is CC(C)(C)CC1=C2C(N=N1)NC1=C(C(=O)CC(C)(C)C1)C21COC1. The average molecular weight is 329 g/mol. The molecule has 1 saturated heterocycles. The molecular weight excluding hydrogens is 302 g/mol. The van der Waals surface area contributed by atoms with Gasteiger partial charge in [-0.25, -0.2) is 0 Å². The summed E-state index contributed by atoms with van der Waals surface area (Å²) in [6.45, 7) is 12.1. The van der Waals surface area contributed by atoms with Crippen LogP contribution in [-0.4, -0.2) is 25.2 Å². The standard InChI is InChI=1S/C19H27N3O2/c1-17(2,3)6-12-15-16(22-21-12)20-11-7-18(4,5)8-13(23)14(11)19(15)9-24-10-19/h16,20H,6-10H2,1-5H3. The molecule has 0 saturated carbocycles. The Morgan fingerprint density at radius 1 is 1.25 bits per heavy atom. The van der Waals surface area contributed by atoms with Gasteiger partial charge in [-0.05, 0) is 23.7 Å². The summed E-state index contributed by atoms with van der Waals surface area (Å²) >= 11 is 0. The molecule has 1 aliphatic carbocycles. The summed E-state index contributed by atoms with van der Waals surface area (Å²) in [5, 5.41) is 12.5. The third-order valence-corrected chi connectivity index (χ3v) is 5.45. The zero-order valence-electron chi connectivity index (χ0n) is 15.3. The molecule has 3 heterocycles. The van der Waals surface area contributed by atoms with Crippen molar-refractivity contribution in [3.63, 3.8) is 0 Å². The van der Waals surface area contributed by atoms with Gasteiger partial charge >= 0.3 is 0 Å². The molecule has 0 aromatic carbocycles. The van der Waals surface area contributed by atoms with Crippen LogP contribution >= 0.6 is 0 Å². The van der Waals surface area contributed by atoms with Gasteiger partial charge in [0.2, 0.25) is 0 Å². The fraction of sp³-hybridized carbons (Fsp3) is 0.737. The van der Waals surface area contributed by atoms with Gasteiger partial charge in [0.25, 0.3) is 0 Å². The highest BCUT2D eigenvalue weighted by molar-refractivity contribution is 6.00. The molecule has 3 aliphatic heterocycles. The Morgan fingerprint density at radius 3 is 2.54 bits per heavy atom. The lowest BCUT2D eigenvalue weighted by atomic mass is 9.61. The van der Waals surface area contributed by atoms with Gasteiger partial charge in [-0.3, -0.25) is 4.79 Å². The number of fused-ring (bicyclic) bond motifs is 3. The molecule has 1 unspecified atom stereocenters. The normalized spacial score (nSPS) is 30.2. The Balaban J connectivity index is 1.83. The molecule has 0 aromatic rings. The van der Waals surface area contributed by atoms with E-state index >= 15 is 0 Å². The summed E-state index contributed by atoms with van der Waals surface area (Å²) < 4.78 is 5.62. The maximum Gasteiger partial charge on any atom is 0.164 e. The molecule has 1 N–H and O–H groups in total. The van der Waals surface area contributed by atoms with E-state index in [2.05, 4.69) is 50.2 Å². The molecule has 4 rings (SSSR count). The number of hydrogen-bond donors (Lipinski definition) is 1. The van der Waals surface area contributed by atoms with Gasteiger partial charge in [0, 0.05) is 23.3 Å². The van der Waals surface area contributed by atoms with Crippen molar-refractivity contribution in [2.24, 2.45) is 26.5 Å². The summed E-state index contributed by atoms with van der Waals surface area (Å²) in [6, 6.07) is 0. The highest BCUT2D eigenvalue weighted by atomic mass is 16.5. The number of hydrogen-bond acceptors (Lipinski definition) is 5. The zero-order chi connectivity index (χ0) is 17.3. The highest BCUT2D eigenvalue weighted by Gasteiger charge is 2.58. The maximum absolute atomic E-state index is 13.0. The van der Waals surface area contributed by atoms with E-state index in [-0.39, 0.29) is 28.2 Å². The second-order valence-electron chi connectivity index (χ2n) is 9.73. The van der Waals surface area contributed by atoms with E-state index in [1.807, 2.05) is 0 Å². The minimum Gasteiger partial charge on any atom is -0.379 e. The van der Waals surface area contributed by atoms with Crippen LogP contribution in [0.1, 0.15) is 53.9 Å². The van der Waals surface area contributed by atoms with Crippen LogP contribution in [0.2, 0.25) is 0 Å².